The van der Waals surface area contributed by atoms with Crippen LogP contribution in [-0.2, 0) is 18.4 Å². The highest BCUT2D eigenvalue weighted by Crippen LogP contribution is 2.29. The molecule has 3 aromatic heterocycles. The summed E-state index contributed by atoms with van der Waals surface area (Å²) in [6.07, 6.45) is 9.42. The second kappa shape index (κ2) is 10.4. The number of carbonyl (C=O) groups is 1. The van der Waals surface area contributed by atoms with Crippen LogP contribution in [0.15, 0.2) is 36.7 Å². The number of piperidine rings is 1. The van der Waals surface area contributed by atoms with E-state index >= 15 is 0 Å². The standard InChI is InChI=1S/C28H31N7O3/c1-34-9-7-20(8-10-34)31-28(36)19-4-3-18-5-6-23-21-14-24(29-16-25(21)33-32-23)22-15-30-35(2)26(22)17-37-11-12-38-27(18)13-19/h3-6,13-16,20H,7-12,17H2,1-2H3,(H,31,36)(H,32,33)/b6-5+. The lowest BCUT2D eigenvalue weighted by atomic mass is 10.0. The molecule has 2 bridgehead atoms. The molecule has 0 radical (unpaired) electrons. The highest BCUT2D eigenvalue weighted by atomic mass is 16.5. The minimum atomic E-state index is -0.0795. The van der Waals surface area contributed by atoms with Crippen molar-refractivity contribution in [3.8, 4) is 17.0 Å². The summed E-state index contributed by atoms with van der Waals surface area (Å²) in [5, 5.41) is 16.1. The summed E-state index contributed by atoms with van der Waals surface area (Å²) in [6, 6.07) is 7.78. The number of H-pyrrole nitrogens is 1. The van der Waals surface area contributed by atoms with E-state index in [4.69, 9.17) is 9.47 Å². The van der Waals surface area contributed by atoms with Gasteiger partial charge in [0.15, 0.2) is 0 Å². The summed E-state index contributed by atoms with van der Waals surface area (Å²) in [6.45, 7) is 3.07. The molecular weight excluding hydrogens is 482 g/mol. The van der Waals surface area contributed by atoms with Gasteiger partial charge in [0.05, 0.1) is 48.2 Å². The topological polar surface area (TPSA) is 110 Å². The highest BCUT2D eigenvalue weighted by molar-refractivity contribution is 5.96. The van der Waals surface area contributed by atoms with Crippen molar-refractivity contribution >= 4 is 29.0 Å². The van der Waals surface area contributed by atoms with E-state index in [1.54, 1.807) is 10.9 Å². The lowest BCUT2D eigenvalue weighted by Gasteiger charge is -2.29. The molecule has 0 atom stereocenters. The molecule has 1 fully saturated rings. The largest absolute Gasteiger partial charge is 0.491 e. The molecule has 5 heterocycles. The van der Waals surface area contributed by atoms with Crippen molar-refractivity contribution in [2.45, 2.75) is 25.5 Å². The summed E-state index contributed by atoms with van der Waals surface area (Å²) in [5.74, 6) is 0.545. The first kappa shape index (κ1) is 24.3. The Kier molecular flexibility index (Phi) is 6.65. The van der Waals surface area contributed by atoms with E-state index in [2.05, 4.69) is 37.5 Å². The van der Waals surface area contributed by atoms with Crippen LogP contribution in [0.1, 0.15) is 40.2 Å². The van der Waals surface area contributed by atoms with Crippen LogP contribution in [0.3, 0.4) is 0 Å². The fourth-order valence-electron chi connectivity index (χ4n) is 4.97. The number of fused-ring (bicyclic) bond motifs is 4. The van der Waals surface area contributed by atoms with Gasteiger partial charge in [-0.1, -0.05) is 6.07 Å². The van der Waals surface area contributed by atoms with Crippen LogP contribution >= 0.6 is 0 Å². The van der Waals surface area contributed by atoms with E-state index in [1.165, 1.54) is 0 Å². The molecule has 196 valence electrons. The van der Waals surface area contributed by atoms with Crippen LogP contribution in [0.4, 0.5) is 0 Å². The van der Waals surface area contributed by atoms with E-state index < -0.39 is 0 Å². The molecule has 2 aliphatic heterocycles. The molecule has 0 spiro atoms. The van der Waals surface area contributed by atoms with Crippen molar-refractivity contribution in [2.75, 3.05) is 33.4 Å². The number of aromatic nitrogens is 5. The molecule has 1 saturated heterocycles. The molecule has 4 aromatic rings. The SMILES string of the molecule is CN1CCC(NC(=O)c2ccc3c(c2)OCCOCc2c(cnn2C)-c2cc4c(n[nH]c4cn2)/C=C/3)CC1. The average molecular weight is 514 g/mol. The fourth-order valence-corrected chi connectivity index (χ4v) is 4.97. The summed E-state index contributed by atoms with van der Waals surface area (Å²) in [7, 11) is 4.01. The molecule has 10 nitrogen and oxygen atoms in total. The van der Waals surface area contributed by atoms with Gasteiger partial charge >= 0.3 is 0 Å². The molecule has 6 rings (SSSR count). The van der Waals surface area contributed by atoms with E-state index in [0.29, 0.717) is 31.1 Å². The van der Waals surface area contributed by atoms with Crippen molar-refractivity contribution in [3.05, 3.63) is 59.2 Å². The lowest BCUT2D eigenvalue weighted by Crippen LogP contribution is -2.43. The average Bonchev–Trinajstić information content (AvgIpc) is 3.50. The van der Waals surface area contributed by atoms with Crippen molar-refractivity contribution in [1.82, 2.24) is 35.2 Å². The molecule has 1 aromatic carbocycles. The van der Waals surface area contributed by atoms with Crippen molar-refractivity contribution in [1.29, 1.82) is 0 Å². The monoisotopic (exact) mass is 513 g/mol. The van der Waals surface area contributed by atoms with Gasteiger partial charge in [0.25, 0.3) is 5.91 Å². The number of hydrogen-bond acceptors (Lipinski definition) is 7. The summed E-state index contributed by atoms with van der Waals surface area (Å²) in [5.41, 5.74) is 5.73. The molecule has 38 heavy (non-hydrogen) atoms. The predicted molar refractivity (Wildman–Crippen MR) is 145 cm³/mol. The smallest absolute Gasteiger partial charge is 0.251 e. The zero-order valence-corrected chi connectivity index (χ0v) is 21.6. The minimum absolute atomic E-state index is 0.0795. The molecule has 10 heteroatoms. The number of ether oxygens (including phenoxy) is 2. The Morgan fingerprint density at radius 2 is 1.97 bits per heavy atom. The van der Waals surface area contributed by atoms with Crippen LogP contribution in [0.5, 0.6) is 5.75 Å². The van der Waals surface area contributed by atoms with Gasteiger partial charge in [-0.25, -0.2) is 0 Å². The molecule has 2 aliphatic rings. The van der Waals surface area contributed by atoms with Gasteiger partial charge in [-0.05, 0) is 63.3 Å². The second-order valence-electron chi connectivity index (χ2n) is 9.89. The maximum Gasteiger partial charge on any atom is 0.251 e. The first-order chi connectivity index (χ1) is 18.5. The van der Waals surface area contributed by atoms with Crippen molar-refractivity contribution in [2.24, 2.45) is 7.05 Å². The van der Waals surface area contributed by atoms with Gasteiger partial charge in [0, 0.05) is 35.2 Å². The summed E-state index contributed by atoms with van der Waals surface area (Å²) >= 11 is 0. The Morgan fingerprint density at radius 3 is 2.84 bits per heavy atom. The number of hydrogen-bond donors (Lipinski definition) is 2. The van der Waals surface area contributed by atoms with Crippen LogP contribution in [0.2, 0.25) is 0 Å². The first-order valence-corrected chi connectivity index (χ1v) is 12.9. The van der Waals surface area contributed by atoms with Gasteiger partial charge < -0.3 is 19.7 Å². The Hall–Kier alpha value is -4.02. The number of nitrogens with zero attached hydrogens (tertiary/aromatic N) is 5. The van der Waals surface area contributed by atoms with E-state index in [0.717, 1.165) is 65.0 Å². The quantitative estimate of drug-likeness (QED) is 0.423. The van der Waals surface area contributed by atoms with Gasteiger partial charge in [-0.3, -0.25) is 19.6 Å². The molecule has 0 aliphatic carbocycles. The number of rotatable bonds is 2. The number of nitrogens with one attached hydrogen (secondary N) is 2. The number of carbonyl (C=O) groups excluding carboxylic acids is 1. The maximum atomic E-state index is 13.0. The molecular formula is C28H31N7O3. The predicted octanol–water partition coefficient (Wildman–Crippen LogP) is 3.26. The Balaban J connectivity index is 1.31. The zero-order valence-electron chi connectivity index (χ0n) is 21.6. The number of benzene rings is 1. The second-order valence-corrected chi connectivity index (χ2v) is 9.89. The van der Waals surface area contributed by atoms with E-state index in [9.17, 15) is 4.79 Å². The van der Waals surface area contributed by atoms with Crippen LogP contribution in [0, 0.1) is 0 Å². The zero-order chi connectivity index (χ0) is 26.1. The summed E-state index contributed by atoms with van der Waals surface area (Å²) in [4.78, 5) is 20.0. The Morgan fingerprint density at radius 1 is 1.11 bits per heavy atom. The van der Waals surface area contributed by atoms with Crippen LogP contribution in [-0.4, -0.2) is 75.2 Å². The van der Waals surface area contributed by atoms with Crippen molar-refractivity contribution < 1.29 is 14.3 Å². The number of aryl methyl sites for hydroxylation is 1. The van der Waals surface area contributed by atoms with Gasteiger partial charge in [0.1, 0.15) is 12.4 Å². The molecule has 0 unspecified atom stereocenters. The third-order valence-corrected chi connectivity index (χ3v) is 7.29. The van der Waals surface area contributed by atoms with E-state index in [1.807, 2.05) is 49.7 Å². The normalized spacial score (nSPS) is 17.7. The lowest BCUT2D eigenvalue weighted by molar-refractivity contribution is 0.0850. The fraction of sp³-hybridized carbons (Fsp3) is 0.357. The van der Waals surface area contributed by atoms with Crippen LogP contribution < -0.4 is 10.1 Å². The third kappa shape index (κ3) is 4.92. The number of aromatic amines is 1. The summed E-state index contributed by atoms with van der Waals surface area (Å²) < 4.78 is 13.9. The Labute approximate surface area is 220 Å². The molecule has 0 saturated carbocycles. The third-order valence-electron chi connectivity index (χ3n) is 7.29. The first-order valence-electron chi connectivity index (χ1n) is 12.9. The number of pyridine rings is 1. The van der Waals surface area contributed by atoms with Crippen LogP contribution in [0.25, 0.3) is 34.3 Å². The van der Waals surface area contributed by atoms with Crippen molar-refractivity contribution in [3.63, 3.8) is 0 Å². The maximum absolute atomic E-state index is 13.0. The highest BCUT2D eigenvalue weighted by Gasteiger charge is 2.20. The molecule has 2 N–H and O–H groups in total. The molecule has 1 amide bonds. The number of likely N-dealkylation sites (tertiary alicyclic amines) is 1. The Bertz CT molecular complexity index is 1500. The van der Waals surface area contributed by atoms with E-state index in [-0.39, 0.29) is 11.9 Å². The minimum Gasteiger partial charge on any atom is -0.491 e. The van der Waals surface area contributed by atoms with Gasteiger partial charge in [-0.15, -0.1) is 0 Å². The number of amides is 1. The van der Waals surface area contributed by atoms with Gasteiger partial charge in [0.2, 0.25) is 0 Å². The van der Waals surface area contributed by atoms with Gasteiger partial charge in [-0.2, -0.15) is 10.2 Å².